The van der Waals surface area contributed by atoms with Crippen molar-refractivity contribution in [1.29, 1.82) is 0 Å². The van der Waals surface area contributed by atoms with Crippen molar-refractivity contribution in [2.45, 2.75) is 26.7 Å². The Balaban J connectivity index is 0. The second-order valence-electron chi connectivity index (χ2n) is 2.01. The topological polar surface area (TPSA) is 3.24 Å². The Morgan fingerprint density at radius 1 is 1.00 bits per heavy atom. The summed E-state index contributed by atoms with van der Waals surface area (Å²) in [5, 5.41) is 0. The van der Waals surface area contributed by atoms with Crippen molar-refractivity contribution >= 4 is 0 Å². The molecule has 58 valence electrons. The lowest BCUT2D eigenvalue weighted by Crippen LogP contribution is -2.10. The summed E-state index contributed by atoms with van der Waals surface area (Å²) in [6, 6.07) is 0. The first kappa shape index (κ1) is 11.7. The number of halogens is 1. The van der Waals surface area contributed by atoms with Gasteiger partial charge in [0.1, 0.15) is 0 Å². The first-order chi connectivity index (χ1) is 3.89. The third kappa shape index (κ3) is 5.77. The fourth-order valence-electron chi connectivity index (χ4n) is 0.875. The summed E-state index contributed by atoms with van der Waals surface area (Å²) in [6.45, 7) is 6.64. The second kappa shape index (κ2) is 7.89. The van der Waals surface area contributed by atoms with E-state index in [0.29, 0.717) is 0 Å². The SMILES string of the molecule is CC.CN1CCCC1.F. The van der Waals surface area contributed by atoms with Gasteiger partial charge in [0.2, 0.25) is 0 Å². The van der Waals surface area contributed by atoms with E-state index in [1.165, 1.54) is 25.9 Å². The van der Waals surface area contributed by atoms with Crippen LogP contribution in [-0.2, 0) is 0 Å². The highest BCUT2D eigenvalue weighted by molar-refractivity contribution is 4.59. The third-order valence-corrected chi connectivity index (χ3v) is 1.33. The molecule has 0 amide bonds. The molecular weight excluding hydrogens is 117 g/mol. The number of nitrogens with zero attached hydrogens (tertiary/aromatic N) is 1. The van der Waals surface area contributed by atoms with Crippen LogP contribution in [-0.4, -0.2) is 25.0 Å². The van der Waals surface area contributed by atoms with Crippen molar-refractivity contribution < 1.29 is 4.70 Å². The fraction of sp³-hybridized carbons (Fsp3) is 1.00. The normalized spacial score (nSPS) is 17.7. The standard InChI is InChI=1S/C5H11N.C2H6.FH/c1-6-4-2-3-5-6;1-2;/h2-5H2,1H3;1-2H3;1H. The highest BCUT2D eigenvalue weighted by atomic mass is 19.0. The summed E-state index contributed by atoms with van der Waals surface area (Å²) in [4.78, 5) is 2.36. The molecule has 1 saturated heterocycles. The lowest BCUT2D eigenvalue weighted by Gasteiger charge is -2.01. The summed E-state index contributed by atoms with van der Waals surface area (Å²) in [7, 11) is 2.17. The van der Waals surface area contributed by atoms with Gasteiger partial charge in [0.15, 0.2) is 0 Å². The minimum atomic E-state index is 0. The Morgan fingerprint density at radius 2 is 1.33 bits per heavy atom. The van der Waals surface area contributed by atoms with Crippen LogP contribution in [0, 0.1) is 0 Å². The minimum absolute atomic E-state index is 0. The summed E-state index contributed by atoms with van der Waals surface area (Å²) >= 11 is 0. The minimum Gasteiger partial charge on any atom is -0.306 e. The van der Waals surface area contributed by atoms with E-state index in [4.69, 9.17) is 0 Å². The van der Waals surface area contributed by atoms with E-state index >= 15 is 0 Å². The van der Waals surface area contributed by atoms with Crippen molar-refractivity contribution in [2.75, 3.05) is 20.1 Å². The largest absolute Gasteiger partial charge is 0.306 e. The van der Waals surface area contributed by atoms with Gasteiger partial charge in [0.25, 0.3) is 0 Å². The molecule has 0 unspecified atom stereocenters. The van der Waals surface area contributed by atoms with Crippen LogP contribution >= 0.6 is 0 Å². The van der Waals surface area contributed by atoms with E-state index < -0.39 is 0 Å². The zero-order valence-corrected chi connectivity index (χ0v) is 6.68. The van der Waals surface area contributed by atoms with Gasteiger partial charge in [0.05, 0.1) is 0 Å². The Morgan fingerprint density at radius 3 is 1.44 bits per heavy atom. The van der Waals surface area contributed by atoms with Gasteiger partial charge in [-0.05, 0) is 33.0 Å². The van der Waals surface area contributed by atoms with E-state index in [9.17, 15) is 0 Å². The molecule has 0 aromatic carbocycles. The van der Waals surface area contributed by atoms with Crippen molar-refractivity contribution in [3.05, 3.63) is 0 Å². The van der Waals surface area contributed by atoms with E-state index in [0.717, 1.165) is 0 Å². The molecule has 1 aliphatic heterocycles. The van der Waals surface area contributed by atoms with Crippen LogP contribution in [0.3, 0.4) is 0 Å². The molecule has 2 heteroatoms. The van der Waals surface area contributed by atoms with Crippen LogP contribution in [0.25, 0.3) is 0 Å². The molecule has 1 fully saturated rings. The Kier molecular flexibility index (Phi) is 10.2. The summed E-state index contributed by atoms with van der Waals surface area (Å²) in [5.41, 5.74) is 0. The molecule has 1 nitrogen and oxygen atoms in total. The maximum atomic E-state index is 2.36. The van der Waals surface area contributed by atoms with Gasteiger partial charge in [-0.15, -0.1) is 0 Å². The maximum Gasteiger partial charge on any atom is -0.00213 e. The van der Waals surface area contributed by atoms with Gasteiger partial charge in [-0.25, -0.2) is 0 Å². The third-order valence-electron chi connectivity index (χ3n) is 1.33. The molecule has 0 bridgehead atoms. The molecule has 0 aliphatic carbocycles. The van der Waals surface area contributed by atoms with Gasteiger partial charge in [-0.1, -0.05) is 13.8 Å². The number of likely N-dealkylation sites (tertiary alicyclic amines) is 1. The van der Waals surface area contributed by atoms with Crippen LogP contribution in [0.2, 0.25) is 0 Å². The average Bonchev–Trinajstić information content (AvgIpc) is 2.24. The Labute approximate surface area is 57.4 Å². The summed E-state index contributed by atoms with van der Waals surface area (Å²) < 4.78 is 0. The predicted octanol–water partition coefficient (Wildman–Crippen LogP) is 1.89. The van der Waals surface area contributed by atoms with Crippen molar-refractivity contribution in [3.63, 3.8) is 0 Å². The Bertz CT molecular complexity index is 42.2. The molecular formula is C7H18FN. The molecule has 0 aromatic heterocycles. The van der Waals surface area contributed by atoms with E-state index in [-0.39, 0.29) is 4.70 Å². The first-order valence-corrected chi connectivity index (χ1v) is 3.58. The monoisotopic (exact) mass is 135 g/mol. The van der Waals surface area contributed by atoms with Crippen LogP contribution in [0.15, 0.2) is 0 Å². The Hall–Kier alpha value is -0.110. The van der Waals surface area contributed by atoms with Crippen LogP contribution in [0.4, 0.5) is 4.70 Å². The zero-order chi connectivity index (χ0) is 6.41. The molecule has 1 rings (SSSR count). The zero-order valence-electron chi connectivity index (χ0n) is 6.68. The molecule has 0 aromatic rings. The highest BCUT2D eigenvalue weighted by Gasteiger charge is 2.03. The molecule has 0 radical (unpaired) electrons. The molecule has 0 spiro atoms. The van der Waals surface area contributed by atoms with Crippen molar-refractivity contribution in [3.8, 4) is 0 Å². The van der Waals surface area contributed by atoms with Gasteiger partial charge in [-0.2, -0.15) is 0 Å². The number of hydrogen-bond acceptors (Lipinski definition) is 1. The smallest absolute Gasteiger partial charge is 0.00213 e. The average molecular weight is 135 g/mol. The van der Waals surface area contributed by atoms with Crippen molar-refractivity contribution in [1.82, 2.24) is 4.90 Å². The van der Waals surface area contributed by atoms with Crippen LogP contribution < -0.4 is 0 Å². The van der Waals surface area contributed by atoms with E-state index in [1.54, 1.807) is 0 Å². The van der Waals surface area contributed by atoms with Crippen LogP contribution in [0.1, 0.15) is 26.7 Å². The predicted molar refractivity (Wildman–Crippen MR) is 40.6 cm³/mol. The first-order valence-electron chi connectivity index (χ1n) is 3.58. The van der Waals surface area contributed by atoms with Gasteiger partial charge >= 0.3 is 0 Å². The van der Waals surface area contributed by atoms with Crippen molar-refractivity contribution in [2.24, 2.45) is 0 Å². The van der Waals surface area contributed by atoms with Gasteiger partial charge in [-0.3, -0.25) is 4.70 Å². The second-order valence-corrected chi connectivity index (χ2v) is 2.01. The molecule has 1 aliphatic rings. The lowest BCUT2D eigenvalue weighted by molar-refractivity contribution is 0.418. The van der Waals surface area contributed by atoms with Gasteiger partial charge < -0.3 is 4.90 Å². The fourth-order valence-corrected chi connectivity index (χ4v) is 0.875. The van der Waals surface area contributed by atoms with E-state index in [1.807, 2.05) is 13.8 Å². The summed E-state index contributed by atoms with van der Waals surface area (Å²) in [5.74, 6) is 0. The molecule has 0 N–H and O–H groups in total. The number of hydrogen-bond donors (Lipinski definition) is 0. The van der Waals surface area contributed by atoms with Gasteiger partial charge in [0, 0.05) is 0 Å². The molecule has 1 heterocycles. The molecule has 0 saturated carbocycles. The van der Waals surface area contributed by atoms with Crippen LogP contribution in [0.5, 0.6) is 0 Å². The number of rotatable bonds is 0. The lowest BCUT2D eigenvalue weighted by atomic mass is 10.4. The molecule has 9 heavy (non-hydrogen) atoms. The quantitative estimate of drug-likeness (QED) is 0.490. The highest BCUT2D eigenvalue weighted by Crippen LogP contribution is 2.01. The maximum absolute atomic E-state index is 2.36. The summed E-state index contributed by atoms with van der Waals surface area (Å²) in [6.07, 6.45) is 2.83. The molecule has 0 atom stereocenters. The van der Waals surface area contributed by atoms with E-state index in [2.05, 4.69) is 11.9 Å².